The Morgan fingerprint density at radius 3 is 2.66 bits per heavy atom. The second-order valence-corrected chi connectivity index (χ2v) is 6.83. The van der Waals surface area contributed by atoms with Crippen LogP contribution in [0.25, 0.3) is 0 Å². The van der Waals surface area contributed by atoms with Gasteiger partial charge in [-0.2, -0.15) is 13.8 Å². The molecule has 0 saturated carbocycles. The van der Waals surface area contributed by atoms with E-state index >= 15 is 0 Å². The summed E-state index contributed by atoms with van der Waals surface area (Å²) in [5.74, 6) is 1.17. The predicted octanol–water partition coefficient (Wildman–Crippen LogP) is 3.78. The summed E-state index contributed by atoms with van der Waals surface area (Å²) in [5.41, 5.74) is 0.756. The Labute approximate surface area is 167 Å². The molecule has 2 aromatic rings. The van der Waals surface area contributed by atoms with Crippen molar-refractivity contribution < 1.29 is 18.3 Å². The molecule has 1 saturated heterocycles. The number of amides is 2. The van der Waals surface area contributed by atoms with Gasteiger partial charge in [-0.05, 0) is 31.4 Å². The van der Waals surface area contributed by atoms with Gasteiger partial charge in [0.05, 0.1) is 6.20 Å². The molecule has 1 aromatic carbocycles. The Morgan fingerprint density at radius 2 is 1.97 bits per heavy atom. The van der Waals surface area contributed by atoms with Gasteiger partial charge in [0.15, 0.2) is 5.82 Å². The molecule has 1 aliphatic heterocycles. The van der Waals surface area contributed by atoms with E-state index in [1.54, 1.807) is 17.2 Å². The number of carbonyl (C=O) groups excluding carboxylic acids is 1. The number of halogens is 2. The highest BCUT2D eigenvalue weighted by atomic mass is 19.3. The summed E-state index contributed by atoms with van der Waals surface area (Å²) in [4.78, 5) is 25.3. The summed E-state index contributed by atoms with van der Waals surface area (Å²) in [6.45, 7) is -1.11. The van der Waals surface area contributed by atoms with Gasteiger partial charge in [-0.25, -0.2) is 9.78 Å². The Kier molecular flexibility index (Phi) is 6.63. The highest BCUT2D eigenvalue weighted by Gasteiger charge is 2.18. The normalized spacial score (nSPS) is 13.9. The summed E-state index contributed by atoms with van der Waals surface area (Å²) >= 11 is 0. The molecular weight excluding hydrogens is 382 g/mol. The van der Waals surface area contributed by atoms with Crippen LogP contribution in [0.3, 0.4) is 0 Å². The zero-order valence-electron chi connectivity index (χ0n) is 16.4. The largest absolute Gasteiger partial charge is 0.435 e. The summed E-state index contributed by atoms with van der Waals surface area (Å²) in [6, 6.07) is 5.23. The van der Waals surface area contributed by atoms with Crippen LogP contribution in [0, 0.1) is 0 Å². The SMILES string of the molecule is CN(C)c1nc(N2CCCCC2)ncc1NC(=O)Nc1cccc(OC(F)F)c1. The number of alkyl halides is 2. The summed E-state index contributed by atoms with van der Waals surface area (Å²) in [6.07, 6.45) is 5.00. The van der Waals surface area contributed by atoms with E-state index in [-0.39, 0.29) is 5.75 Å². The topological polar surface area (TPSA) is 82.6 Å². The molecule has 0 aliphatic carbocycles. The zero-order chi connectivity index (χ0) is 20.8. The Bertz CT molecular complexity index is 843. The number of ether oxygens (including phenoxy) is 1. The van der Waals surface area contributed by atoms with Gasteiger partial charge in [0, 0.05) is 38.9 Å². The molecule has 0 atom stereocenters. The summed E-state index contributed by atoms with van der Waals surface area (Å²) in [7, 11) is 3.66. The van der Waals surface area contributed by atoms with E-state index in [1.807, 2.05) is 14.1 Å². The number of rotatable bonds is 6. The Hall–Kier alpha value is -3.17. The maximum Gasteiger partial charge on any atom is 0.387 e. The molecule has 1 aromatic heterocycles. The van der Waals surface area contributed by atoms with Crippen LogP contribution in [0.2, 0.25) is 0 Å². The number of benzene rings is 1. The average molecular weight is 406 g/mol. The second-order valence-electron chi connectivity index (χ2n) is 6.83. The molecule has 0 spiro atoms. The quantitative estimate of drug-likeness (QED) is 0.760. The third kappa shape index (κ3) is 5.66. The molecule has 156 valence electrons. The van der Waals surface area contributed by atoms with Gasteiger partial charge in [-0.15, -0.1) is 0 Å². The fraction of sp³-hybridized carbons (Fsp3) is 0.421. The lowest BCUT2D eigenvalue weighted by Gasteiger charge is -2.28. The van der Waals surface area contributed by atoms with E-state index in [2.05, 4.69) is 30.2 Å². The van der Waals surface area contributed by atoms with Gasteiger partial charge >= 0.3 is 12.6 Å². The van der Waals surface area contributed by atoms with Crippen molar-refractivity contribution in [3.63, 3.8) is 0 Å². The number of carbonyl (C=O) groups is 1. The van der Waals surface area contributed by atoms with Crippen LogP contribution in [0.4, 0.5) is 36.7 Å². The van der Waals surface area contributed by atoms with Crippen molar-refractivity contribution >= 4 is 29.2 Å². The minimum atomic E-state index is -2.93. The molecule has 1 fully saturated rings. The number of hydrogen-bond donors (Lipinski definition) is 2. The standard InChI is InChI=1S/C19H24F2N6O2/c1-26(2)16-15(12-22-18(25-16)27-9-4-3-5-10-27)24-19(28)23-13-7-6-8-14(11-13)29-17(20)21/h6-8,11-12,17H,3-5,9-10H2,1-2H3,(H2,23,24,28). The molecule has 10 heteroatoms. The van der Waals surface area contributed by atoms with Gasteiger partial charge in [-0.1, -0.05) is 6.07 Å². The fourth-order valence-electron chi connectivity index (χ4n) is 3.07. The van der Waals surface area contributed by atoms with Gasteiger partial charge < -0.3 is 25.2 Å². The van der Waals surface area contributed by atoms with Crippen LogP contribution in [-0.2, 0) is 0 Å². The number of nitrogens with one attached hydrogen (secondary N) is 2. The zero-order valence-corrected chi connectivity index (χ0v) is 16.4. The van der Waals surface area contributed by atoms with Crippen molar-refractivity contribution in [3.05, 3.63) is 30.5 Å². The number of anilines is 4. The Morgan fingerprint density at radius 1 is 1.21 bits per heavy atom. The van der Waals surface area contributed by atoms with Crippen LogP contribution >= 0.6 is 0 Å². The molecule has 1 aliphatic rings. The summed E-state index contributed by atoms with van der Waals surface area (Å²) in [5, 5.41) is 5.30. The van der Waals surface area contributed by atoms with Gasteiger partial charge in [-0.3, -0.25) is 0 Å². The molecule has 2 amide bonds. The lowest BCUT2D eigenvalue weighted by molar-refractivity contribution is -0.0497. The van der Waals surface area contributed by atoms with Crippen LogP contribution in [0.5, 0.6) is 5.75 Å². The van der Waals surface area contributed by atoms with Gasteiger partial charge in [0.25, 0.3) is 0 Å². The second kappa shape index (κ2) is 9.35. The lowest BCUT2D eigenvalue weighted by atomic mass is 10.1. The first-order chi connectivity index (χ1) is 13.9. The number of aromatic nitrogens is 2. The number of hydrogen-bond acceptors (Lipinski definition) is 6. The molecule has 0 radical (unpaired) electrons. The van der Waals surface area contributed by atoms with Crippen molar-refractivity contribution in [2.45, 2.75) is 25.9 Å². The Balaban J connectivity index is 1.71. The van der Waals surface area contributed by atoms with Crippen LogP contribution in [0.15, 0.2) is 30.5 Å². The van der Waals surface area contributed by atoms with E-state index in [1.165, 1.54) is 24.6 Å². The van der Waals surface area contributed by atoms with Crippen molar-refractivity contribution in [1.29, 1.82) is 0 Å². The highest BCUT2D eigenvalue weighted by molar-refractivity contribution is 6.01. The van der Waals surface area contributed by atoms with E-state index < -0.39 is 12.6 Å². The average Bonchev–Trinajstić information content (AvgIpc) is 2.68. The van der Waals surface area contributed by atoms with Crippen LogP contribution in [0.1, 0.15) is 19.3 Å². The molecule has 2 N–H and O–H groups in total. The number of piperidine rings is 1. The highest BCUT2D eigenvalue weighted by Crippen LogP contribution is 2.26. The third-order valence-corrected chi connectivity index (χ3v) is 4.38. The number of nitrogens with zero attached hydrogens (tertiary/aromatic N) is 4. The fourth-order valence-corrected chi connectivity index (χ4v) is 3.07. The van der Waals surface area contributed by atoms with Crippen LogP contribution < -0.4 is 25.2 Å². The molecule has 3 rings (SSSR count). The maximum absolute atomic E-state index is 12.4. The minimum absolute atomic E-state index is 0.0407. The van der Waals surface area contributed by atoms with E-state index in [4.69, 9.17) is 0 Å². The van der Waals surface area contributed by atoms with Gasteiger partial charge in [0.2, 0.25) is 5.95 Å². The van der Waals surface area contributed by atoms with E-state index in [0.29, 0.717) is 23.1 Å². The van der Waals surface area contributed by atoms with Crippen molar-refractivity contribution in [2.24, 2.45) is 0 Å². The number of urea groups is 1. The van der Waals surface area contributed by atoms with Crippen molar-refractivity contribution in [1.82, 2.24) is 9.97 Å². The maximum atomic E-state index is 12.4. The predicted molar refractivity (Wildman–Crippen MR) is 108 cm³/mol. The first kappa shape index (κ1) is 20.6. The molecule has 2 heterocycles. The third-order valence-electron chi connectivity index (χ3n) is 4.38. The van der Waals surface area contributed by atoms with E-state index in [0.717, 1.165) is 25.9 Å². The minimum Gasteiger partial charge on any atom is -0.435 e. The van der Waals surface area contributed by atoms with Crippen molar-refractivity contribution in [2.75, 3.05) is 47.6 Å². The monoisotopic (exact) mass is 406 g/mol. The molecule has 0 bridgehead atoms. The van der Waals surface area contributed by atoms with E-state index in [9.17, 15) is 13.6 Å². The molecule has 29 heavy (non-hydrogen) atoms. The molecule has 0 unspecified atom stereocenters. The van der Waals surface area contributed by atoms with Crippen LogP contribution in [-0.4, -0.2) is 49.8 Å². The lowest BCUT2D eigenvalue weighted by Crippen LogP contribution is -2.31. The summed E-state index contributed by atoms with van der Waals surface area (Å²) < 4.78 is 29.0. The first-order valence-electron chi connectivity index (χ1n) is 9.34. The molecular formula is C19H24F2N6O2. The van der Waals surface area contributed by atoms with Crippen molar-refractivity contribution in [3.8, 4) is 5.75 Å². The smallest absolute Gasteiger partial charge is 0.387 e. The first-order valence-corrected chi connectivity index (χ1v) is 9.34. The molecule has 8 nitrogen and oxygen atoms in total. The van der Waals surface area contributed by atoms with Gasteiger partial charge in [0.1, 0.15) is 11.4 Å².